The van der Waals surface area contributed by atoms with E-state index in [1.54, 1.807) is 18.5 Å². The summed E-state index contributed by atoms with van der Waals surface area (Å²) in [5.41, 5.74) is 3.02. The molecule has 23 heavy (non-hydrogen) atoms. The van der Waals surface area contributed by atoms with Crippen LogP contribution < -0.4 is 10.6 Å². The number of hydrogen-bond donors (Lipinski definition) is 2. The van der Waals surface area contributed by atoms with E-state index in [4.69, 9.17) is 0 Å². The first-order valence-electron chi connectivity index (χ1n) is 7.10. The number of hydrogen-bond acceptors (Lipinski definition) is 5. The van der Waals surface area contributed by atoms with E-state index in [-0.39, 0.29) is 5.91 Å². The molecule has 0 aliphatic heterocycles. The van der Waals surface area contributed by atoms with Crippen molar-refractivity contribution in [1.82, 2.24) is 15.0 Å². The quantitative estimate of drug-likeness (QED) is 0.773. The van der Waals surface area contributed by atoms with Crippen molar-refractivity contribution >= 4 is 23.2 Å². The number of amides is 1. The van der Waals surface area contributed by atoms with Crippen LogP contribution in [0.5, 0.6) is 0 Å². The summed E-state index contributed by atoms with van der Waals surface area (Å²) in [6.07, 6.45) is 3.40. The molecule has 0 spiro atoms. The molecule has 0 saturated heterocycles. The maximum Gasteiger partial charge on any atom is 0.227 e. The molecule has 114 valence electrons. The van der Waals surface area contributed by atoms with Crippen LogP contribution in [0.4, 0.5) is 17.3 Å². The molecule has 2 heterocycles. The van der Waals surface area contributed by atoms with Crippen molar-refractivity contribution in [3.05, 3.63) is 60.9 Å². The number of nitrogens with one attached hydrogen (secondary N) is 2. The molecule has 3 rings (SSSR count). The highest BCUT2D eigenvalue weighted by molar-refractivity contribution is 5.89. The third-order valence-electron chi connectivity index (χ3n) is 3.02. The molecule has 2 aromatic heterocycles. The second-order valence-electron chi connectivity index (χ2n) is 4.87. The Kier molecular flexibility index (Phi) is 4.24. The first kappa shape index (κ1) is 14.6. The molecule has 0 bridgehead atoms. The molecule has 0 aliphatic carbocycles. The first-order valence-corrected chi connectivity index (χ1v) is 7.10. The summed E-state index contributed by atoms with van der Waals surface area (Å²) in [5.74, 6) is 0.351. The van der Waals surface area contributed by atoms with Crippen LogP contribution in [0, 0.1) is 0 Å². The molecule has 2 N–H and O–H groups in total. The van der Waals surface area contributed by atoms with Gasteiger partial charge in [-0.25, -0.2) is 9.97 Å². The molecule has 3 aromatic rings. The highest BCUT2D eigenvalue weighted by Gasteiger charge is 2.04. The van der Waals surface area contributed by atoms with Gasteiger partial charge in [-0.3, -0.25) is 9.78 Å². The van der Waals surface area contributed by atoms with Crippen LogP contribution in [0.15, 0.2) is 60.9 Å². The van der Waals surface area contributed by atoms with E-state index in [1.807, 2.05) is 42.5 Å². The maximum atomic E-state index is 11.1. The Morgan fingerprint density at radius 1 is 0.913 bits per heavy atom. The third kappa shape index (κ3) is 3.88. The summed E-state index contributed by atoms with van der Waals surface area (Å²) in [5, 5.41) is 5.86. The van der Waals surface area contributed by atoms with Gasteiger partial charge in [0.25, 0.3) is 0 Å². The fourth-order valence-corrected chi connectivity index (χ4v) is 2.08. The van der Waals surface area contributed by atoms with Crippen molar-refractivity contribution in [2.45, 2.75) is 6.92 Å². The molecule has 0 fully saturated rings. The van der Waals surface area contributed by atoms with E-state index in [0.29, 0.717) is 11.6 Å². The Hall–Kier alpha value is -3.28. The lowest BCUT2D eigenvalue weighted by molar-refractivity contribution is -0.114. The second kappa shape index (κ2) is 6.65. The minimum absolute atomic E-state index is 0.115. The molecular weight excluding hydrogens is 290 g/mol. The summed E-state index contributed by atoms with van der Waals surface area (Å²) >= 11 is 0. The summed E-state index contributed by atoms with van der Waals surface area (Å²) in [4.78, 5) is 24.1. The van der Waals surface area contributed by atoms with Crippen LogP contribution in [0.25, 0.3) is 11.4 Å². The van der Waals surface area contributed by atoms with Crippen molar-refractivity contribution < 1.29 is 4.79 Å². The predicted octanol–water partition coefficient (Wildman–Crippen LogP) is 3.24. The molecule has 1 amide bonds. The fourth-order valence-electron chi connectivity index (χ4n) is 2.08. The topological polar surface area (TPSA) is 79.8 Å². The SMILES string of the molecule is CC(=O)Nc1cccc(Nc2nccc(-c3ccccn3)n2)c1. The number of rotatable bonds is 4. The van der Waals surface area contributed by atoms with Crippen LogP contribution in [0.3, 0.4) is 0 Å². The van der Waals surface area contributed by atoms with Crippen LogP contribution in [0.1, 0.15) is 6.92 Å². The number of carbonyl (C=O) groups excluding carboxylic acids is 1. The van der Waals surface area contributed by atoms with Gasteiger partial charge in [-0.05, 0) is 36.4 Å². The molecule has 0 atom stereocenters. The van der Waals surface area contributed by atoms with Crippen molar-refractivity contribution in [1.29, 1.82) is 0 Å². The van der Waals surface area contributed by atoms with Crippen LogP contribution >= 0.6 is 0 Å². The van der Waals surface area contributed by atoms with Crippen LogP contribution in [-0.2, 0) is 4.79 Å². The van der Waals surface area contributed by atoms with E-state index in [2.05, 4.69) is 25.6 Å². The van der Waals surface area contributed by atoms with Crippen LogP contribution in [-0.4, -0.2) is 20.9 Å². The average molecular weight is 305 g/mol. The fraction of sp³-hybridized carbons (Fsp3) is 0.0588. The lowest BCUT2D eigenvalue weighted by atomic mass is 10.2. The van der Waals surface area contributed by atoms with Gasteiger partial charge in [0.15, 0.2) is 0 Å². The summed E-state index contributed by atoms with van der Waals surface area (Å²) in [6.45, 7) is 1.47. The summed E-state index contributed by atoms with van der Waals surface area (Å²) in [7, 11) is 0. The Labute approximate surface area is 133 Å². The number of aromatic nitrogens is 3. The van der Waals surface area contributed by atoms with Crippen molar-refractivity contribution in [3.8, 4) is 11.4 Å². The van der Waals surface area contributed by atoms with Crippen molar-refractivity contribution in [2.75, 3.05) is 10.6 Å². The molecule has 6 heteroatoms. The Bertz CT molecular complexity index is 820. The highest BCUT2D eigenvalue weighted by atomic mass is 16.1. The molecule has 0 saturated carbocycles. The van der Waals surface area contributed by atoms with E-state index < -0.39 is 0 Å². The highest BCUT2D eigenvalue weighted by Crippen LogP contribution is 2.20. The Balaban J connectivity index is 1.82. The summed E-state index contributed by atoms with van der Waals surface area (Å²) < 4.78 is 0. The van der Waals surface area contributed by atoms with Gasteiger partial charge >= 0.3 is 0 Å². The standard InChI is InChI=1S/C17H15N5O/c1-12(23)20-13-5-4-6-14(11-13)21-17-19-10-8-16(22-17)15-7-2-3-9-18-15/h2-11H,1H3,(H,20,23)(H,19,21,22). The van der Waals surface area contributed by atoms with E-state index in [0.717, 1.165) is 17.1 Å². The van der Waals surface area contributed by atoms with Gasteiger partial charge in [0.1, 0.15) is 0 Å². The minimum atomic E-state index is -0.115. The molecular formula is C17H15N5O. The van der Waals surface area contributed by atoms with E-state index in [1.165, 1.54) is 6.92 Å². The normalized spacial score (nSPS) is 10.1. The van der Waals surface area contributed by atoms with Gasteiger partial charge in [-0.15, -0.1) is 0 Å². The zero-order valence-corrected chi connectivity index (χ0v) is 12.5. The van der Waals surface area contributed by atoms with Crippen LogP contribution in [0.2, 0.25) is 0 Å². The van der Waals surface area contributed by atoms with E-state index >= 15 is 0 Å². The molecule has 0 radical (unpaired) electrons. The first-order chi connectivity index (χ1) is 11.2. The maximum absolute atomic E-state index is 11.1. The monoisotopic (exact) mass is 305 g/mol. The van der Waals surface area contributed by atoms with Gasteiger partial charge in [-0.1, -0.05) is 12.1 Å². The van der Waals surface area contributed by atoms with Gasteiger partial charge in [0, 0.05) is 30.7 Å². The molecule has 6 nitrogen and oxygen atoms in total. The van der Waals surface area contributed by atoms with Crippen molar-refractivity contribution in [3.63, 3.8) is 0 Å². The largest absolute Gasteiger partial charge is 0.326 e. The number of pyridine rings is 1. The van der Waals surface area contributed by atoms with Gasteiger partial charge in [0.05, 0.1) is 11.4 Å². The van der Waals surface area contributed by atoms with Gasteiger partial charge in [0.2, 0.25) is 11.9 Å². The minimum Gasteiger partial charge on any atom is -0.326 e. The smallest absolute Gasteiger partial charge is 0.227 e. The summed E-state index contributed by atoms with van der Waals surface area (Å²) in [6, 6.07) is 14.8. The lowest BCUT2D eigenvalue weighted by Gasteiger charge is -2.08. The third-order valence-corrected chi connectivity index (χ3v) is 3.02. The number of anilines is 3. The second-order valence-corrected chi connectivity index (χ2v) is 4.87. The van der Waals surface area contributed by atoms with E-state index in [9.17, 15) is 4.79 Å². The van der Waals surface area contributed by atoms with Gasteiger partial charge < -0.3 is 10.6 Å². The molecule has 1 aromatic carbocycles. The number of nitrogens with zero attached hydrogens (tertiary/aromatic N) is 3. The zero-order chi connectivity index (χ0) is 16.1. The average Bonchev–Trinajstić information content (AvgIpc) is 2.56. The zero-order valence-electron chi connectivity index (χ0n) is 12.5. The molecule has 0 unspecified atom stereocenters. The number of benzene rings is 1. The Morgan fingerprint density at radius 3 is 2.57 bits per heavy atom. The lowest BCUT2D eigenvalue weighted by Crippen LogP contribution is -2.06. The number of carbonyl (C=O) groups is 1. The Morgan fingerprint density at radius 2 is 1.78 bits per heavy atom. The van der Waals surface area contributed by atoms with Crippen molar-refractivity contribution in [2.24, 2.45) is 0 Å². The van der Waals surface area contributed by atoms with Gasteiger partial charge in [-0.2, -0.15) is 0 Å². The predicted molar refractivity (Wildman–Crippen MR) is 89.3 cm³/mol. The molecule has 0 aliphatic rings.